The molecule has 1 fully saturated rings. The molecule has 0 amide bonds. The Morgan fingerprint density at radius 3 is 2.00 bits per heavy atom. The van der Waals surface area contributed by atoms with Crippen molar-refractivity contribution in [2.45, 2.75) is 6.10 Å². The van der Waals surface area contributed by atoms with E-state index in [0.29, 0.717) is 20.0 Å². The first-order valence-corrected chi connectivity index (χ1v) is 2.79. The average molecular weight is 167 g/mol. The van der Waals surface area contributed by atoms with Crippen LogP contribution in [0.1, 0.15) is 0 Å². The van der Waals surface area contributed by atoms with Gasteiger partial charge in [-0.25, -0.2) is 0 Å². The van der Waals surface area contributed by atoms with Crippen molar-refractivity contribution in [3.63, 3.8) is 0 Å². The van der Waals surface area contributed by atoms with Gasteiger partial charge in [0.25, 0.3) is 5.09 Å². The zero-order chi connectivity index (χ0) is 8.69. The molecule has 0 radical (unpaired) electrons. The summed E-state index contributed by atoms with van der Waals surface area (Å²) in [6.45, 7) is 1.16. The molecule has 0 aromatic rings. The predicted octanol–water partition coefficient (Wildman–Crippen LogP) is -0.996. The SMILES string of the molecule is O=[N+]([O-])O.OC1COCOC1. The quantitative estimate of drug-likeness (QED) is 0.354. The van der Waals surface area contributed by atoms with E-state index in [1.165, 1.54) is 0 Å². The highest BCUT2D eigenvalue weighted by molar-refractivity contribution is 4.52. The fourth-order valence-electron chi connectivity index (χ4n) is 0.475. The predicted molar refractivity (Wildman–Crippen MR) is 31.6 cm³/mol. The number of hydrogen-bond donors (Lipinski definition) is 2. The summed E-state index contributed by atoms with van der Waals surface area (Å²) in [5, 5.41) is 22.3. The smallest absolute Gasteiger partial charge is 0.291 e. The molecule has 1 aliphatic heterocycles. The number of aliphatic hydroxyl groups is 1. The van der Waals surface area contributed by atoms with Crippen molar-refractivity contribution in [1.29, 1.82) is 0 Å². The van der Waals surface area contributed by atoms with E-state index in [2.05, 4.69) is 0 Å². The van der Waals surface area contributed by atoms with Crippen LogP contribution in [0.3, 0.4) is 0 Å². The van der Waals surface area contributed by atoms with Crippen LogP contribution in [0.25, 0.3) is 0 Å². The lowest BCUT2D eigenvalue weighted by molar-refractivity contribution is -0.742. The minimum atomic E-state index is -1.50. The first kappa shape index (κ1) is 10.1. The van der Waals surface area contributed by atoms with Crippen LogP contribution < -0.4 is 0 Å². The van der Waals surface area contributed by atoms with Crippen LogP contribution in [0.4, 0.5) is 0 Å². The average Bonchev–Trinajstić information content (AvgIpc) is 1.87. The molecule has 0 saturated carbocycles. The second kappa shape index (κ2) is 5.83. The summed E-state index contributed by atoms with van der Waals surface area (Å²) in [5.74, 6) is 0. The largest absolute Gasteiger partial charge is 0.388 e. The molecule has 0 bridgehead atoms. The van der Waals surface area contributed by atoms with Gasteiger partial charge in [-0.1, -0.05) is 0 Å². The molecule has 0 atom stereocenters. The lowest BCUT2D eigenvalue weighted by Gasteiger charge is -2.16. The molecule has 0 unspecified atom stereocenters. The minimum Gasteiger partial charge on any atom is -0.388 e. The van der Waals surface area contributed by atoms with Crippen molar-refractivity contribution in [1.82, 2.24) is 0 Å². The molecule has 0 aliphatic carbocycles. The van der Waals surface area contributed by atoms with Gasteiger partial charge in [0.15, 0.2) is 0 Å². The van der Waals surface area contributed by atoms with E-state index in [1.54, 1.807) is 0 Å². The van der Waals surface area contributed by atoms with Crippen LogP contribution in [0, 0.1) is 10.1 Å². The van der Waals surface area contributed by atoms with Crippen molar-refractivity contribution < 1.29 is 24.9 Å². The first-order chi connectivity index (χ1) is 5.13. The second-order valence-electron chi connectivity index (χ2n) is 1.75. The fourth-order valence-corrected chi connectivity index (χ4v) is 0.475. The van der Waals surface area contributed by atoms with Gasteiger partial charge in [0, 0.05) is 0 Å². The topological polar surface area (TPSA) is 102 Å². The number of nitrogens with zero attached hydrogens (tertiary/aromatic N) is 1. The summed E-state index contributed by atoms with van der Waals surface area (Å²) in [5.41, 5.74) is 0. The van der Waals surface area contributed by atoms with E-state index < -0.39 is 11.2 Å². The lowest BCUT2D eigenvalue weighted by Crippen LogP contribution is -2.28. The third kappa shape index (κ3) is 9.08. The summed E-state index contributed by atoms with van der Waals surface area (Å²) < 4.78 is 9.42. The van der Waals surface area contributed by atoms with Crippen LogP contribution in [0.5, 0.6) is 0 Å². The molecule has 0 aromatic heterocycles. The van der Waals surface area contributed by atoms with Crippen LogP contribution >= 0.6 is 0 Å². The molecular formula is C4H9NO6. The molecule has 0 spiro atoms. The molecule has 0 aromatic carbocycles. The Morgan fingerprint density at radius 1 is 1.45 bits per heavy atom. The third-order valence-corrected chi connectivity index (χ3v) is 0.787. The number of hydrogen-bond acceptors (Lipinski definition) is 5. The molecule has 7 nitrogen and oxygen atoms in total. The van der Waals surface area contributed by atoms with Crippen LogP contribution in [0.15, 0.2) is 0 Å². The van der Waals surface area contributed by atoms with Gasteiger partial charge in [-0.2, -0.15) is 0 Å². The van der Waals surface area contributed by atoms with Crippen molar-refractivity contribution in [2.24, 2.45) is 0 Å². The standard InChI is InChI=1S/C4H8O3.HNO3/c5-4-1-6-3-7-2-4;2-1(3)4/h4-5H,1-3H2;(H,2,3,4). The molecule has 1 rings (SSSR count). The zero-order valence-electron chi connectivity index (χ0n) is 5.67. The molecule has 11 heavy (non-hydrogen) atoms. The molecule has 7 heteroatoms. The van der Waals surface area contributed by atoms with Gasteiger partial charge in [0.1, 0.15) is 12.9 Å². The second-order valence-corrected chi connectivity index (χ2v) is 1.75. The zero-order valence-corrected chi connectivity index (χ0v) is 5.67. The van der Waals surface area contributed by atoms with E-state index in [-0.39, 0.29) is 0 Å². The van der Waals surface area contributed by atoms with Gasteiger partial charge >= 0.3 is 0 Å². The molecular weight excluding hydrogens is 158 g/mol. The normalized spacial score (nSPS) is 18.3. The lowest BCUT2D eigenvalue weighted by atomic mass is 10.4. The monoisotopic (exact) mass is 167 g/mol. The highest BCUT2D eigenvalue weighted by atomic mass is 16.9. The third-order valence-electron chi connectivity index (χ3n) is 0.787. The van der Waals surface area contributed by atoms with E-state index in [1.807, 2.05) is 0 Å². The maximum atomic E-state index is 8.66. The molecule has 2 N–H and O–H groups in total. The first-order valence-electron chi connectivity index (χ1n) is 2.79. The summed E-state index contributed by atoms with van der Waals surface area (Å²) in [7, 11) is 0. The Hall–Kier alpha value is -0.920. The molecule has 1 heterocycles. The fraction of sp³-hybridized carbons (Fsp3) is 1.00. The number of aliphatic hydroxyl groups excluding tert-OH is 1. The molecule has 1 saturated heterocycles. The van der Waals surface area contributed by atoms with E-state index in [4.69, 9.17) is 29.9 Å². The van der Waals surface area contributed by atoms with Crippen molar-refractivity contribution in [3.8, 4) is 0 Å². The molecule has 1 aliphatic rings. The maximum Gasteiger partial charge on any atom is 0.291 e. The van der Waals surface area contributed by atoms with Crippen LogP contribution in [-0.4, -0.2) is 41.5 Å². The van der Waals surface area contributed by atoms with Crippen LogP contribution in [-0.2, 0) is 9.47 Å². The molecule has 66 valence electrons. The van der Waals surface area contributed by atoms with Gasteiger partial charge < -0.3 is 19.8 Å². The number of rotatable bonds is 0. The van der Waals surface area contributed by atoms with Gasteiger partial charge in [-0.3, -0.25) is 0 Å². The van der Waals surface area contributed by atoms with E-state index in [0.717, 1.165) is 0 Å². The van der Waals surface area contributed by atoms with E-state index >= 15 is 0 Å². The van der Waals surface area contributed by atoms with Gasteiger partial charge in [-0.15, -0.1) is 10.1 Å². The van der Waals surface area contributed by atoms with Crippen molar-refractivity contribution in [2.75, 3.05) is 20.0 Å². The minimum absolute atomic E-state index is 0.330. The van der Waals surface area contributed by atoms with Crippen molar-refractivity contribution in [3.05, 3.63) is 10.1 Å². The van der Waals surface area contributed by atoms with Gasteiger partial charge in [0.2, 0.25) is 0 Å². The number of ether oxygens (including phenoxy) is 2. The Labute approximate surface area is 62.3 Å². The maximum absolute atomic E-state index is 8.66. The Morgan fingerprint density at radius 2 is 1.82 bits per heavy atom. The van der Waals surface area contributed by atoms with E-state index in [9.17, 15) is 0 Å². The summed E-state index contributed by atoms with van der Waals surface area (Å²) >= 11 is 0. The summed E-state index contributed by atoms with van der Waals surface area (Å²) in [4.78, 5) is 8.36. The Balaban J connectivity index is 0.000000218. The van der Waals surface area contributed by atoms with Crippen molar-refractivity contribution >= 4 is 0 Å². The summed E-state index contributed by atoms with van der Waals surface area (Å²) in [6, 6.07) is 0. The Bertz CT molecular complexity index is 107. The highest BCUT2D eigenvalue weighted by Crippen LogP contribution is 1.93. The highest BCUT2D eigenvalue weighted by Gasteiger charge is 2.08. The Kier molecular flexibility index (Phi) is 5.35. The van der Waals surface area contributed by atoms with Gasteiger partial charge in [0.05, 0.1) is 13.2 Å². The van der Waals surface area contributed by atoms with Crippen LogP contribution in [0.2, 0.25) is 0 Å². The summed E-state index contributed by atoms with van der Waals surface area (Å²) in [6.07, 6.45) is -0.409. The van der Waals surface area contributed by atoms with Gasteiger partial charge in [-0.05, 0) is 0 Å².